The molecule has 0 aromatic heterocycles. The number of hydrogen-bond donors (Lipinski definition) is 1. The van der Waals surface area contributed by atoms with Crippen LogP contribution in [0, 0.1) is 0 Å². The van der Waals surface area contributed by atoms with Gasteiger partial charge >= 0.3 is 0 Å². The number of hydrogen-bond acceptors (Lipinski definition) is 2. The van der Waals surface area contributed by atoms with Crippen molar-refractivity contribution in [3.8, 4) is 0 Å². The molecule has 0 unspecified atom stereocenters. The van der Waals surface area contributed by atoms with E-state index in [1.165, 1.54) is 0 Å². The molecule has 0 aliphatic rings. The average molecular weight is 214 g/mol. The van der Waals surface area contributed by atoms with Gasteiger partial charge in [0.1, 0.15) is 0 Å². The van der Waals surface area contributed by atoms with Gasteiger partial charge in [-0.25, -0.2) is 0 Å². The predicted octanol–water partition coefficient (Wildman–Crippen LogP) is 2.68. The summed E-state index contributed by atoms with van der Waals surface area (Å²) in [6.45, 7) is 6.08. The van der Waals surface area contributed by atoms with Gasteiger partial charge in [0.25, 0.3) is 0 Å². The molecular formula is C11H16ClNO. The SMILES string of the molecule is CCN(CC)c1cc(Cl)ccc1CO. The van der Waals surface area contributed by atoms with Gasteiger partial charge in [-0.1, -0.05) is 17.7 Å². The molecule has 0 atom stereocenters. The van der Waals surface area contributed by atoms with Crippen LogP contribution in [0.25, 0.3) is 0 Å². The van der Waals surface area contributed by atoms with Gasteiger partial charge in [0.05, 0.1) is 6.61 Å². The maximum atomic E-state index is 9.18. The fraction of sp³-hybridized carbons (Fsp3) is 0.455. The van der Waals surface area contributed by atoms with E-state index in [0.717, 1.165) is 24.3 Å². The van der Waals surface area contributed by atoms with E-state index in [0.29, 0.717) is 5.02 Å². The van der Waals surface area contributed by atoms with E-state index in [2.05, 4.69) is 18.7 Å². The van der Waals surface area contributed by atoms with Gasteiger partial charge in [0, 0.05) is 29.4 Å². The Hall–Kier alpha value is -0.730. The number of halogens is 1. The van der Waals surface area contributed by atoms with Gasteiger partial charge in [0.2, 0.25) is 0 Å². The number of aliphatic hydroxyl groups is 1. The molecule has 0 saturated heterocycles. The maximum absolute atomic E-state index is 9.18. The monoisotopic (exact) mass is 213 g/mol. The Morgan fingerprint density at radius 1 is 1.29 bits per heavy atom. The van der Waals surface area contributed by atoms with Gasteiger partial charge < -0.3 is 10.0 Å². The van der Waals surface area contributed by atoms with Crippen LogP contribution >= 0.6 is 11.6 Å². The first-order valence-electron chi connectivity index (χ1n) is 4.87. The molecule has 0 aliphatic carbocycles. The molecule has 0 spiro atoms. The van der Waals surface area contributed by atoms with Crippen LogP contribution in [-0.2, 0) is 6.61 Å². The van der Waals surface area contributed by atoms with Crippen molar-refractivity contribution in [1.29, 1.82) is 0 Å². The summed E-state index contributed by atoms with van der Waals surface area (Å²) in [4.78, 5) is 2.18. The van der Waals surface area contributed by atoms with Crippen LogP contribution < -0.4 is 4.90 Å². The Balaban J connectivity index is 3.08. The van der Waals surface area contributed by atoms with E-state index in [1.807, 2.05) is 12.1 Å². The van der Waals surface area contributed by atoms with Gasteiger partial charge in [-0.3, -0.25) is 0 Å². The molecule has 1 aromatic carbocycles. The Morgan fingerprint density at radius 3 is 2.43 bits per heavy atom. The van der Waals surface area contributed by atoms with Crippen molar-refractivity contribution >= 4 is 17.3 Å². The zero-order valence-corrected chi connectivity index (χ0v) is 9.38. The summed E-state index contributed by atoms with van der Waals surface area (Å²) in [5.41, 5.74) is 1.96. The Labute approximate surface area is 90.1 Å². The molecule has 0 aliphatic heterocycles. The summed E-state index contributed by atoms with van der Waals surface area (Å²) in [5.74, 6) is 0. The first-order valence-corrected chi connectivity index (χ1v) is 5.25. The highest BCUT2D eigenvalue weighted by Crippen LogP contribution is 2.24. The quantitative estimate of drug-likeness (QED) is 0.832. The molecule has 0 heterocycles. The van der Waals surface area contributed by atoms with Crippen LogP contribution in [0.3, 0.4) is 0 Å². The van der Waals surface area contributed by atoms with Crippen molar-refractivity contribution in [3.63, 3.8) is 0 Å². The highest BCUT2D eigenvalue weighted by Gasteiger charge is 2.07. The molecule has 3 heteroatoms. The molecule has 1 N–H and O–H groups in total. The number of rotatable bonds is 4. The smallest absolute Gasteiger partial charge is 0.0702 e. The lowest BCUT2D eigenvalue weighted by Crippen LogP contribution is -2.23. The van der Waals surface area contributed by atoms with E-state index in [4.69, 9.17) is 11.6 Å². The third-order valence-corrected chi connectivity index (χ3v) is 2.56. The Morgan fingerprint density at radius 2 is 1.93 bits per heavy atom. The fourth-order valence-electron chi connectivity index (χ4n) is 1.53. The highest BCUT2D eigenvalue weighted by atomic mass is 35.5. The van der Waals surface area contributed by atoms with E-state index in [9.17, 15) is 5.11 Å². The summed E-state index contributed by atoms with van der Waals surface area (Å²) in [6, 6.07) is 5.58. The van der Waals surface area contributed by atoms with Crippen LogP contribution in [0.1, 0.15) is 19.4 Å². The molecule has 78 valence electrons. The maximum Gasteiger partial charge on any atom is 0.0702 e. The number of benzene rings is 1. The zero-order valence-electron chi connectivity index (χ0n) is 8.63. The Kier molecular flexibility index (Phi) is 4.23. The standard InChI is InChI=1S/C11H16ClNO/c1-3-13(4-2)11-7-10(12)6-5-9(11)8-14/h5-7,14H,3-4,8H2,1-2H3. The normalized spacial score (nSPS) is 10.3. The van der Waals surface area contributed by atoms with Crippen molar-refractivity contribution in [2.24, 2.45) is 0 Å². The van der Waals surface area contributed by atoms with E-state index < -0.39 is 0 Å². The van der Waals surface area contributed by atoms with Gasteiger partial charge in [-0.05, 0) is 26.0 Å². The van der Waals surface area contributed by atoms with E-state index in [-0.39, 0.29) is 6.61 Å². The van der Waals surface area contributed by atoms with Crippen LogP contribution in [0.5, 0.6) is 0 Å². The van der Waals surface area contributed by atoms with Gasteiger partial charge in [-0.15, -0.1) is 0 Å². The summed E-state index contributed by atoms with van der Waals surface area (Å²) in [6.07, 6.45) is 0. The second kappa shape index (κ2) is 5.23. The van der Waals surface area contributed by atoms with Crippen LogP contribution in [0.15, 0.2) is 18.2 Å². The third-order valence-electron chi connectivity index (χ3n) is 2.32. The number of nitrogens with zero attached hydrogens (tertiary/aromatic N) is 1. The second-order valence-corrected chi connectivity index (χ2v) is 3.54. The topological polar surface area (TPSA) is 23.5 Å². The molecule has 1 rings (SSSR count). The van der Waals surface area contributed by atoms with Crippen molar-refractivity contribution < 1.29 is 5.11 Å². The van der Waals surface area contributed by atoms with Gasteiger partial charge in [-0.2, -0.15) is 0 Å². The van der Waals surface area contributed by atoms with Crippen molar-refractivity contribution in [3.05, 3.63) is 28.8 Å². The van der Waals surface area contributed by atoms with Gasteiger partial charge in [0.15, 0.2) is 0 Å². The molecule has 0 fully saturated rings. The van der Waals surface area contributed by atoms with Crippen LogP contribution in [0.2, 0.25) is 5.02 Å². The summed E-state index contributed by atoms with van der Waals surface area (Å²) >= 11 is 5.92. The van der Waals surface area contributed by atoms with E-state index in [1.54, 1.807) is 6.07 Å². The fourth-order valence-corrected chi connectivity index (χ4v) is 1.70. The van der Waals surface area contributed by atoms with Crippen molar-refractivity contribution in [1.82, 2.24) is 0 Å². The predicted molar refractivity (Wildman–Crippen MR) is 60.9 cm³/mol. The first kappa shape index (κ1) is 11.3. The first-order chi connectivity index (χ1) is 6.72. The summed E-state index contributed by atoms with van der Waals surface area (Å²) < 4.78 is 0. The van der Waals surface area contributed by atoms with Crippen molar-refractivity contribution in [2.45, 2.75) is 20.5 Å². The minimum absolute atomic E-state index is 0.0585. The largest absolute Gasteiger partial charge is 0.392 e. The minimum atomic E-state index is 0.0585. The van der Waals surface area contributed by atoms with E-state index >= 15 is 0 Å². The lowest BCUT2D eigenvalue weighted by atomic mass is 10.1. The molecule has 0 saturated carbocycles. The number of anilines is 1. The molecule has 0 bridgehead atoms. The second-order valence-electron chi connectivity index (χ2n) is 3.10. The minimum Gasteiger partial charge on any atom is -0.392 e. The number of aliphatic hydroxyl groups excluding tert-OH is 1. The highest BCUT2D eigenvalue weighted by molar-refractivity contribution is 6.30. The average Bonchev–Trinajstić information content (AvgIpc) is 2.20. The lowest BCUT2D eigenvalue weighted by Gasteiger charge is -2.23. The molecule has 14 heavy (non-hydrogen) atoms. The zero-order chi connectivity index (χ0) is 10.6. The molecular weight excluding hydrogens is 198 g/mol. The molecule has 0 radical (unpaired) electrons. The molecule has 0 amide bonds. The third kappa shape index (κ3) is 2.40. The van der Waals surface area contributed by atoms with Crippen molar-refractivity contribution in [2.75, 3.05) is 18.0 Å². The molecule has 2 nitrogen and oxygen atoms in total. The van der Waals surface area contributed by atoms with Crippen LogP contribution in [0.4, 0.5) is 5.69 Å². The Bertz CT molecular complexity index is 297. The lowest BCUT2D eigenvalue weighted by molar-refractivity contribution is 0.282. The summed E-state index contributed by atoms with van der Waals surface area (Å²) in [5, 5.41) is 9.89. The summed E-state index contributed by atoms with van der Waals surface area (Å²) in [7, 11) is 0. The molecule has 1 aromatic rings. The van der Waals surface area contributed by atoms with Crippen LogP contribution in [-0.4, -0.2) is 18.2 Å².